The molecule has 6 nitrogen and oxygen atoms in total. The molecule has 2 heterocycles. The zero-order valence-corrected chi connectivity index (χ0v) is 13.1. The van der Waals surface area contributed by atoms with Gasteiger partial charge >= 0.3 is 6.03 Å². The molecule has 2 amide bonds. The van der Waals surface area contributed by atoms with E-state index in [1.54, 1.807) is 29.8 Å². The highest BCUT2D eigenvalue weighted by Gasteiger charge is 2.52. The zero-order valence-electron chi connectivity index (χ0n) is 13.1. The van der Waals surface area contributed by atoms with Gasteiger partial charge in [-0.3, -0.25) is 4.90 Å². The van der Waals surface area contributed by atoms with Crippen molar-refractivity contribution in [3.05, 3.63) is 42.2 Å². The van der Waals surface area contributed by atoms with Gasteiger partial charge in [-0.25, -0.2) is 4.79 Å². The Morgan fingerprint density at radius 1 is 1.27 bits per heavy atom. The Hall–Kier alpha value is -2.50. The van der Waals surface area contributed by atoms with Gasteiger partial charge in [0.2, 0.25) is 6.23 Å². The van der Waals surface area contributed by atoms with Crippen LogP contribution < -0.4 is 9.64 Å². The molecule has 0 radical (unpaired) electrons. The summed E-state index contributed by atoms with van der Waals surface area (Å²) in [5, 5.41) is 3.87. The van der Waals surface area contributed by atoms with Crippen molar-refractivity contribution in [1.29, 1.82) is 0 Å². The van der Waals surface area contributed by atoms with Crippen molar-refractivity contribution in [3.63, 3.8) is 0 Å². The number of rotatable bonds is 3. The molecule has 0 bridgehead atoms. The third-order valence-corrected chi connectivity index (χ3v) is 4.07. The van der Waals surface area contributed by atoms with E-state index in [1.807, 2.05) is 44.2 Å². The van der Waals surface area contributed by atoms with E-state index in [0.717, 1.165) is 5.69 Å². The number of benzene rings is 1. The summed E-state index contributed by atoms with van der Waals surface area (Å²) in [6, 6.07) is 11.1. The van der Waals surface area contributed by atoms with Gasteiger partial charge in [-0.05, 0) is 38.1 Å². The highest BCUT2D eigenvalue weighted by molar-refractivity contribution is 5.95. The quantitative estimate of drug-likeness (QED) is 0.874. The number of anilines is 1. The molecular formula is C16H19N3O3. The van der Waals surface area contributed by atoms with E-state index in [9.17, 15) is 4.79 Å². The first-order valence-electron chi connectivity index (χ1n) is 7.13. The molecule has 3 rings (SSSR count). The second kappa shape index (κ2) is 5.05. The molecule has 0 N–H and O–H groups in total. The number of para-hydroxylation sites is 1. The van der Waals surface area contributed by atoms with Crippen molar-refractivity contribution < 1.29 is 14.1 Å². The smallest absolute Gasteiger partial charge is 0.327 e. The maximum atomic E-state index is 12.7. The summed E-state index contributed by atoms with van der Waals surface area (Å²) in [6.07, 6.45) is -0.503. The van der Waals surface area contributed by atoms with E-state index in [0.29, 0.717) is 11.6 Å². The van der Waals surface area contributed by atoms with Crippen molar-refractivity contribution in [2.45, 2.75) is 32.5 Å². The summed E-state index contributed by atoms with van der Waals surface area (Å²) >= 11 is 0. The number of likely N-dealkylation sites (N-methyl/N-ethyl adjacent to an activating group) is 1. The van der Waals surface area contributed by atoms with Gasteiger partial charge in [0, 0.05) is 18.8 Å². The van der Waals surface area contributed by atoms with Gasteiger partial charge in [-0.15, -0.1) is 0 Å². The maximum Gasteiger partial charge on any atom is 0.327 e. The molecule has 1 aliphatic rings. The molecule has 2 aromatic rings. The lowest BCUT2D eigenvalue weighted by Gasteiger charge is -2.32. The molecule has 116 valence electrons. The maximum absolute atomic E-state index is 12.7. The normalized spacial score (nSPS) is 20.5. The van der Waals surface area contributed by atoms with Crippen LogP contribution >= 0.6 is 0 Å². The molecule has 1 fully saturated rings. The fourth-order valence-corrected chi connectivity index (χ4v) is 2.53. The summed E-state index contributed by atoms with van der Waals surface area (Å²) in [7, 11) is 1.77. The Morgan fingerprint density at radius 3 is 2.55 bits per heavy atom. The van der Waals surface area contributed by atoms with Crippen molar-refractivity contribution in [3.8, 4) is 5.88 Å². The number of aryl methyl sites for hydroxylation is 1. The summed E-state index contributed by atoms with van der Waals surface area (Å²) in [4.78, 5) is 16.0. The average Bonchev–Trinajstić information content (AvgIpc) is 2.97. The molecule has 0 spiro atoms. The Bertz CT molecular complexity index is 681. The first-order chi connectivity index (χ1) is 10.4. The summed E-state index contributed by atoms with van der Waals surface area (Å²) in [5.41, 5.74) is 0.273. The fraction of sp³-hybridized carbons (Fsp3) is 0.375. The van der Waals surface area contributed by atoms with Crippen LogP contribution in [0.1, 0.15) is 19.6 Å². The van der Waals surface area contributed by atoms with Crippen molar-refractivity contribution in [1.82, 2.24) is 10.1 Å². The average molecular weight is 301 g/mol. The topological polar surface area (TPSA) is 58.8 Å². The van der Waals surface area contributed by atoms with Crippen LogP contribution in [0.15, 0.2) is 40.9 Å². The number of aromatic nitrogens is 1. The number of carbonyl (C=O) groups is 1. The van der Waals surface area contributed by atoms with Crippen LogP contribution in [0.25, 0.3) is 0 Å². The lowest BCUT2D eigenvalue weighted by molar-refractivity contribution is 0.0844. The van der Waals surface area contributed by atoms with Crippen LogP contribution in [0, 0.1) is 6.92 Å². The predicted octanol–water partition coefficient (Wildman–Crippen LogP) is 3.04. The Kier molecular flexibility index (Phi) is 3.31. The van der Waals surface area contributed by atoms with Gasteiger partial charge in [0.1, 0.15) is 5.76 Å². The van der Waals surface area contributed by atoms with Crippen molar-refractivity contribution in [2.24, 2.45) is 0 Å². The number of nitrogens with zero attached hydrogens (tertiary/aromatic N) is 3. The van der Waals surface area contributed by atoms with Gasteiger partial charge in [0.25, 0.3) is 5.88 Å². The number of amides is 2. The Balaban J connectivity index is 1.99. The van der Waals surface area contributed by atoms with Gasteiger partial charge in [-0.1, -0.05) is 18.2 Å². The summed E-state index contributed by atoms with van der Waals surface area (Å²) in [6.45, 7) is 5.72. The molecule has 0 saturated carbocycles. The zero-order chi connectivity index (χ0) is 15.9. The largest absolute Gasteiger partial charge is 0.448 e. The summed E-state index contributed by atoms with van der Waals surface area (Å²) < 4.78 is 11.0. The van der Waals surface area contributed by atoms with Crippen molar-refractivity contribution in [2.75, 3.05) is 11.9 Å². The predicted molar refractivity (Wildman–Crippen MR) is 81.8 cm³/mol. The first-order valence-corrected chi connectivity index (χ1v) is 7.13. The van der Waals surface area contributed by atoms with Gasteiger partial charge in [0.05, 0.1) is 5.54 Å². The Morgan fingerprint density at radius 2 is 1.95 bits per heavy atom. The van der Waals surface area contributed by atoms with Crippen LogP contribution in [0.4, 0.5) is 10.5 Å². The third kappa shape index (κ3) is 2.20. The second-order valence-corrected chi connectivity index (χ2v) is 5.95. The molecule has 6 heteroatoms. The fourth-order valence-electron chi connectivity index (χ4n) is 2.53. The molecular weight excluding hydrogens is 282 g/mol. The van der Waals surface area contributed by atoms with Crippen LogP contribution in [0.5, 0.6) is 5.88 Å². The minimum atomic E-state index is -0.514. The molecule has 1 aromatic carbocycles. The van der Waals surface area contributed by atoms with E-state index in [1.165, 1.54) is 0 Å². The van der Waals surface area contributed by atoms with Crippen molar-refractivity contribution >= 4 is 11.7 Å². The van der Waals surface area contributed by atoms with E-state index in [2.05, 4.69) is 5.16 Å². The van der Waals surface area contributed by atoms with E-state index in [-0.39, 0.29) is 6.03 Å². The summed E-state index contributed by atoms with van der Waals surface area (Å²) in [5.74, 6) is 1.04. The van der Waals surface area contributed by atoms with E-state index < -0.39 is 11.8 Å². The highest BCUT2D eigenvalue weighted by Crippen LogP contribution is 2.36. The monoisotopic (exact) mass is 301 g/mol. The minimum Gasteiger partial charge on any atom is -0.448 e. The first kappa shape index (κ1) is 14.4. The minimum absolute atomic E-state index is 0.110. The molecule has 1 saturated heterocycles. The molecule has 1 atom stereocenters. The highest BCUT2D eigenvalue weighted by atomic mass is 16.6. The number of hydrogen-bond donors (Lipinski definition) is 0. The molecule has 22 heavy (non-hydrogen) atoms. The van der Waals surface area contributed by atoms with Crippen LogP contribution in [0.3, 0.4) is 0 Å². The number of urea groups is 1. The lowest BCUT2D eigenvalue weighted by Crippen LogP contribution is -2.49. The third-order valence-electron chi connectivity index (χ3n) is 4.07. The van der Waals surface area contributed by atoms with Gasteiger partial charge < -0.3 is 14.2 Å². The van der Waals surface area contributed by atoms with Crippen LogP contribution in [-0.2, 0) is 0 Å². The standard InChI is InChI=1S/C16H19N3O3/c1-11-10-13(17-22-11)21-14-16(2,3)18(4)15(20)19(14)12-8-6-5-7-9-12/h5-10,14H,1-4H3. The molecule has 1 aliphatic heterocycles. The SMILES string of the molecule is Cc1cc(OC2N(c3ccccc3)C(=O)N(C)C2(C)C)no1. The number of carbonyl (C=O) groups excluding carboxylic acids is 1. The number of hydrogen-bond acceptors (Lipinski definition) is 4. The second-order valence-electron chi connectivity index (χ2n) is 5.95. The van der Waals surface area contributed by atoms with Gasteiger partial charge in [-0.2, -0.15) is 0 Å². The van der Waals surface area contributed by atoms with Crippen LogP contribution in [-0.4, -0.2) is 34.9 Å². The van der Waals surface area contributed by atoms with Gasteiger partial charge in [0.15, 0.2) is 0 Å². The molecule has 0 aliphatic carbocycles. The Labute approximate surface area is 129 Å². The lowest BCUT2D eigenvalue weighted by atomic mass is 10.0. The molecule has 1 unspecified atom stereocenters. The van der Waals surface area contributed by atoms with Crippen LogP contribution in [0.2, 0.25) is 0 Å². The number of ether oxygens (including phenoxy) is 1. The molecule has 1 aromatic heterocycles. The van der Waals surface area contributed by atoms with E-state index in [4.69, 9.17) is 9.26 Å². The van der Waals surface area contributed by atoms with E-state index >= 15 is 0 Å².